The summed E-state index contributed by atoms with van der Waals surface area (Å²) in [5.41, 5.74) is 4.21. The monoisotopic (exact) mass is 435 g/mol. The number of guanidine groups is 1. The molecule has 1 aliphatic heterocycles. The molecule has 1 amide bonds. The second-order valence-corrected chi connectivity index (χ2v) is 7.42. The van der Waals surface area contributed by atoms with E-state index < -0.39 is 35.1 Å². The maximum absolute atomic E-state index is 15.0. The van der Waals surface area contributed by atoms with Gasteiger partial charge in [0.15, 0.2) is 11.5 Å². The highest BCUT2D eigenvalue weighted by Crippen LogP contribution is 2.43. The topological polar surface area (TPSA) is 84.5 Å². The van der Waals surface area contributed by atoms with Crippen LogP contribution in [0.3, 0.4) is 0 Å². The van der Waals surface area contributed by atoms with Crippen LogP contribution in [0, 0.1) is 11.6 Å². The lowest BCUT2D eigenvalue weighted by Crippen LogP contribution is -2.41. The van der Waals surface area contributed by atoms with Gasteiger partial charge >= 0.3 is 0 Å². The molecule has 1 atom stereocenters. The molecular formula is C19H13F4N5OS. The molecule has 2 N–H and O–H groups in total. The summed E-state index contributed by atoms with van der Waals surface area (Å²) in [6.07, 6.45) is 0.573. The fourth-order valence-electron chi connectivity index (χ4n) is 3.30. The number of hydrogen-bond donors (Lipinski definition) is 1. The van der Waals surface area contributed by atoms with Crippen molar-refractivity contribution in [1.29, 1.82) is 0 Å². The molecule has 0 saturated heterocycles. The number of alkyl halides is 2. The first-order chi connectivity index (χ1) is 14.3. The fraction of sp³-hybridized carbons (Fsp3) is 0.158. The molecule has 154 valence electrons. The van der Waals surface area contributed by atoms with Crippen LogP contribution < -0.4 is 5.73 Å². The molecule has 0 bridgehead atoms. The molecule has 1 aliphatic rings. The van der Waals surface area contributed by atoms with Crippen LogP contribution in [0.1, 0.15) is 23.1 Å². The van der Waals surface area contributed by atoms with Crippen LogP contribution in [0.2, 0.25) is 0 Å². The Labute approximate surface area is 171 Å². The zero-order valence-corrected chi connectivity index (χ0v) is 16.1. The summed E-state index contributed by atoms with van der Waals surface area (Å²) in [6, 6.07) is 2.76. The summed E-state index contributed by atoms with van der Waals surface area (Å²) in [4.78, 5) is 26.3. The van der Waals surface area contributed by atoms with Gasteiger partial charge in [-0.25, -0.2) is 22.6 Å². The molecule has 0 fully saturated rings. The largest absolute Gasteiger partial charge is 0.369 e. The SMILES string of the molecule is CN1C(=O)C(c2cncc(C(F)F)c2)(c2cc(-c3cncs3)c(F)cc2F)N=C1N. The quantitative estimate of drug-likeness (QED) is 0.637. The molecule has 0 saturated carbocycles. The summed E-state index contributed by atoms with van der Waals surface area (Å²) >= 11 is 1.11. The molecule has 6 nitrogen and oxygen atoms in total. The second-order valence-electron chi connectivity index (χ2n) is 6.53. The summed E-state index contributed by atoms with van der Waals surface area (Å²) in [6.45, 7) is 0. The van der Waals surface area contributed by atoms with Crippen molar-refractivity contribution >= 4 is 23.2 Å². The zero-order chi connectivity index (χ0) is 21.6. The van der Waals surface area contributed by atoms with E-state index in [0.717, 1.165) is 40.8 Å². The predicted octanol–water partition coefficient (Wildman–Crippen LogP) is 3.45. The summed E-state index contributed by atoms with van der Waals surface area (Å²) in [5, 5.41) is 0. The number of nitrogens with zero attached hydrogens (tertiary/aromatic N) is 4. The van der Waals surface area contributed by atoms with Gasteiger partial charge in [-0.3, -0.25) is 19.7 Å². The van der Waals surface area contributed by atoms with Gasteiger partial charge < -0.3 is 5.73 Å². The van der Waals surface area contributed by atoms with Gasteiger partial charge in [-0.05, 0) is 12.1 Å². The molecule has 0 aliphatic carbocycles. The minimum absolute atomic E-state index is 0.0117. The standard InChI is InChI=1S/C19H13F4N5OS/c1-28-17(29)19(27-18(28)24,10-2-9(16(22)23)5-25-6-10)12-3-11(13(20)4-14(12)21)15-7-26-8-30-15/h2-8,16H,1H3,(H2,24,27). The number of carbonyl (C=O) groups excluding carboxylic acids is 1. The van der Waals surface area contributed by atoms with E-state index >= 15 is 4.39 Å². The number of carbonyl (C=O) groups is 1. The maximum Gasteiger partial charge on any atom is 0.266 e. The first-order valence-corrected chi connectivity index (χ1v) is 9.39. The number of likely N-dealkylation sites (N-methyl/N-ethyl adjacent to an activating group) is 1. The van der Waals surface area contributed by atoms with Crippen LogP contribution in [0.4, 0.5) is 17.6 Å². The Hall–Kier alpha value is -3.34. The van der Waals surface area contributed by atoms with Crippen LogP contribution >= 0.6 is 11.3 Å². The van der Waals surface area contributed by atoms with Crippen molar-refractivity contribution in [2.75, 3.05) is 7.05 Å². The first kappa shape index (κ1) is 20.0. The zero-order valence-electron chi connectivity index (χ0n) is 15.3. The number of amides is 1. The van der Waals surface area contributed by atoms with Crippen LogP contribution in [-0.2, 0) is 10.3 Å². The predicted molar refractivity (Wildman–Crippen MR) is 102 cm³/mol. The van der Waals surface area contributed by atoms with Crippen molar-refractivity contribution in [3.63, 3.8) is 0 Å². The lowest BCUT2D eigenvalue weighted by atomic mass is 9.82. The van der Waals surface area contributed by atoms with E-state index in [-0.39, 0.29) is 22.6 Å². The molecule has 0 radical (unpaired) electrons. The molecule has 30 heavy (non-hydrogen) atoms. The van der Waals surface area contributed by atoms with Crippen molar-refractivity contribution in [2.24, 2.45) is 10.7 Å². The van der Waals surface area contributed by atoms with E-state index in [2.05, 4.69) is 15.0 Å². The summed E-state index contributed by atoms with van der Waals surface area (Å²) < 4.78 is 56.1. The third kappa shape index (κ3) is 2.93. The number of rotatable bonds is 4. The highest BCUT2D eigenvalue weighted by molar-refractivity contribution is 7.13. The van der Waals surface area contributed by atoms with Gasteiger partial charge in [0, 0.05) is 54.0 Å². The molecule has 3 heterocycles. The number of nitrogens with two attached hydrogens (primary N) is 1. The van der Waals surface area contributed by atoms with E-state index in [9.17, 15) is 18.0 Å². The third-order valence-corrected chi connectivity index (χ3v) is 5.62. The lowest BCUT2D eigenvalue weighted by molar-refractivity contribution is -0.129. The minimum atomic E-state index is -2.88. The number of halogens is 4. The molecule has 3 aromatic rings. The number of thiazole rings is 1. The normalized spacial score (nSPS) is 18.9. The number of pyridine rings is 1. The number of aliphatic imine (C=N–C) groups is 1. The number of aromatic nitrogens is 2. The Bertz CT molecular complexity index is 1170. The Morgan fingerprint density at radius 3 is 2.47 bits per heavy atom. The number of benzene rings is 1. The van der Waals surface area contributed by atoms with Gasteiger partial charge in [0.25, 0.3) is 12.3 Å². The molecule has 0 spiro atoms. The van der Waals surface area contributed by atoms with Crippen LogP contribution in [0.5, 0.6) is 0 Å². The fourth-order valence-corrected chi connectivity index (χ4v) is 3.94. The second kappa shape index (κ2) is 7.17. The molecular weight excluding hydrogens is 422 g/mol. The van der Waals surface area contributed by atoms with E-state index in [4.69, 9.17) is 5.73 Å². The van der Waals surface area contributed by atoms with Crippen molar-refractivity contribution in [2.45, 2.75) is 12.0 Å². The summed E-state index contributed by atoms with van der Waals surface area (Å²) in [5.74, 6) is -2.98. The van der Waals surface area contributed by atoms with Gasteiger partial charge in [0.05, 0.1) is 10.4 Å². The van der Waals surface area contributed by atoms with Crippen molar-refractivity contribution in [3.05, 3.63) is 70.6 Å². The van der Waals surface area contributed by atoms with Crippen LogP contribution in [0.25, 0.3) is 10.4 Å². The van der Waals surface area contributed by atoms with E-state index in [1.54, 1.807) is 0 Å². The average Bonchev–Trinajstić information content (AvgIpc) is 3.32. The maximum atomic E-state index is 15.0. The van der Waals surface area contributed by atoms with Gasteiger partial charge in [-0.1, -0.05) is 0 Å². The average molecular weight is 435 g/mol. The third-order valence-electron chi connectivity index (χ3n) is 4.81. The van der Waals surface area contributed by atoms with E-state index in [0.29, 0.717) is 10.9 Å². The molecule has 11 heteroatoms. The van der Waals surface area contributed by atoms with Gasteiger partial charge in [-0.15, -0.1) is 11.3 Å². The van der Waals surface area contributed by atoms with E-state index in [1.165, 1.54) is 18.8 Å². The smallest absolute Gasteiger partial charge is 0.266 e. The van der Waals surface area contributed by atoms with Crippen molar-refractivity contribution < 1.29 is 22.4 Å². The first-order valence-electron chi connectivity index (χ1n) is 8.51. The summed E-state index contributed by atoms with van der Waals surface area (Å²) in [7, 11) is 1.32. The van der Waals surface area contributed by atoms with Gasteiger partial charge in [0.1, 0.15) is 11.6 Å². The molecule has 2 aromatic heterocycles. The molecule has 1 aromatic carbocycles. The van der Waals surface area contributed by atoms with E-state index in [1.807, 2.05) is 0 Å². The highest BCUT2D eigenvalue weighted by atomic mass is 32.1. The Morgan fingerprint density at radius 1 is 1.10 bits per heavy atom. The van der Waals surface area contributed by atoms with Gasteiger partial charge in [0.2, 0.25) is 0 Å². The van der Waals surface area contributed by atoms with Crippen LogP contribution in [0.15, 0.2) is 47.3 Å². The minimum Gasteiger partial charge on any atom is -0.369 e. The Morgan fingerprint density at radius 2 is 1.87 bits per heavy atom. The Kier molecular flexibility index (Phi) is 4.77. The van der Waals surface area contributed by atoms with Crippen molar-refractivity contribution in [3.8, 4) is 10.4 Å². The van der Waals surface area contributed by atoms with Crippen molar-refractivity contribution in [1.82, 2.24) is 14.9 Å². The Balaban J connectivity index is 2.03. The molecule has 1 unspecified atom stereocenters. The van der Waals surface area contributed by atoms with Crippen LogP contribution in [-0.4, -0.2) is 33.8 Å². The van der Waals surface area contributed by atoms with Gasteiger partial charge in [-0.2, -0.15) is 0 Å². The lowest BCUT2D eigenvalue weighted by Gasteiger charge is -2.27. The molecule has 4 rings (SSSR count). The number of hydrogen-bond acceptors (Lipinski definition) is 6. The highest BCUT2D eigenvalue weighted by Gasteiger charge is 2.51.